The fourth-order valence-corrected chi connectivity index (χ4v) is 10.2. The summed E-state index contributed by atoms with van der Waals surface area (Å²) in [5.74, 6) is 0.783. The molecule has 0 bridgehead atoms. The largest absolute Gasteiger partial charge is 0.494 e. The molecule has 8 aromatic rings. The van der Waals surface area contributed by atoms with Crippen molar-refractivity contribution in [2.75, 3.05) is 18.1 Å². The third-order valence-electron chi connectivity index (χ3n) is 11.2. The molecule has 5 aromatic carbocycles. The Balaban J connectivity index is 1.02. The van der Waals surface area contributed by atoms with E-state index in [0.29, 0.717) is 5.57 Å². The minimum absolute atomic E-state index is 0.238. The number of aromatic nitrogens is 2. The van der Waals surface area contributed by atoms with E-state index in [4.69, 9.17) is 18.2 Å². The molecule has 65 heavy (non-hydrogen) atoms. The van der Waals surface area contributed by atoms with Gasteiger partial charge in [-0.2, -0.15) is 14.0 Å². The predicted octanol–water partition coefficient (Wildman–Crippen LogP) is 16.0. The van der Waals surface area contributed by atoms with E-state index in [-0.39, 0.29) is 5.56 Å². The molecule has 3 heterocycles. The van der Waals surface area contributed by atoms with Crippen molar-refractivity contribution >= 4 is 80.1 Å². The number of carboxylic acids is 1. The number of nitriles is 1. The normalized spacial score (nSPS) is 11.4. The van der Waals surface area contributed by atoms with Crippen LogP contribution in [0.25, 0.3) is 54.7 Å². The molecule has 0 amide bonds. The molecule has 0 saturated carbocycles. The molecular weight excluding hydrogens is 865 g/mol. The summed E-state index contributed by atoms with van der Waals surface area (Å²) in [7, 11) is 0. The van der Waals surface area contributed by atoms with Crippen LogP contribution in [0.5, 0.6) is 11.5 Å². The van der Waals surface area contributed by atoms with Crippen molar-refractivity contribution < 1.29 is 19.4 Å². The summed E-state index contributed by atoms with van der Waals surface area (Å²) < 4.78 is 21.8. The zero-order chi connectivity index (χ0) is 45.0. The van der Waals surface area contributed by atoms with Gasteiger partial charge in [0, 0.05) is 47.7 Å². The highest BCUT2D eigenvalue weighted by Gasteiger charge is 2.18. The average molecular weight is 915 g/mol. The van der Waals surface area contributed by atoms with Crippen LogP contribution >= 0.6 is 34.4 Å². The van der Waals surface area contributed by atoms with Gasteiger partial charge in [-0.15, -0.1) is 22.7 Å². The standard InChI is InChI=1S/C54H50N4O4S3/c1-3-5-7-9-33-61-44-23-19-42(20-24-44)58(43-21-25-45(26-22-43)62-34-10-8-6-4-2)41-17-15-37(16-18-41)47-28-29-48(53-52(47)56-65-57-53)51-30-27-46(63-51)35-40(36-55)50-32-31-49(64-50)38-11-13-39(14-12-38)54(59)60/h11-32,35H,3-10,33-34H2,1-2H3,(H,59,60)/b40-35+. The maximum absolute atomic E-state index is 11.3. The van der Waals surface area contributed by atoms with Crippen molar-refractivity contribution in [1.29, 1.82) is 5.26 Å². The topological polar surface area (TPSA) is 109 Å². The Morgan fingerprint density at radius 2 is 1.15 bits per heavy atom. The van der Waals surface area contributed by atoms with Gasteiger partial charge in [-0.05, 0) is 127 Å². The van der Waals surface area contributed by atoms with Crippen molar-refractivity contribution in [2.45, 2.75) is 65.2 Å². The number of aromatic carboxylic acids is 1. The van der Waals surface area contributed by atoms with Crippen LogP contribution in [0.2, 0.25) is 0 Å². The van der Waals surface area contributed by atoms with E-state index < -0.39 is 5.97 Å². The number of hydrogen-bond donors (Lipinski definition) is 1. The molecule has 0 aliphatic heterocycles. The van der Waals surface area contributed by atoms with E-state index >= 15 is 0 Å². The van der Waals surface area contributed by atoms with Crippen molar-refractivity contribution in [2.24, 2.45) is 0 Å². The Bertz CT molecular complexity index is 2830. The molecule has 0 atom stereocenters. The number of allylic oxidation sites excluding steroid dienone is 1. The maximum atomic E-state index is 11.3. The van der Waals surface area contributed by atoms with Gasteiger partial charge in [-0.1, -0.05) is 88.8 Å². The Kier molecular flexibility index (Phi) is 15.1. The minimum Gasteiger partial charge on any atom is -0.494 e. The van der Waals surface area contributed by atoms with Gasteiger partial charge in [0.15, 0.2) is 0 Å². The van der Waals surface area contributed by atoms with Crippen LogP contribution in [0.3, 0.4) is 0 Å². The zero-order valence-corrected chi connectivity index (χ0v) is 39.0. The van der Waals surface area contributed by atoms with Gasteiger partial charge < -0.3 is 19.5 Å². The highest BCUT2D eigenvalue weighted by molar-refractivity contribution is 7.17. The molecule has 0 fully saturated rings. The van der Waals surface area contributed by atoms with Crippen molar-refractivity contribution in [3.05, 3.63) is 149 Å². The Morgan fingerprint density at radius 3 is 1.72 bits per heavy atom. The van der Waals surface area contributed by atoms with Gasteiger partial charge in [0.2, 0.25) is 0 Å². The summed E-state index contributed by atoms with van der Waals surface area (Å²) in [6.45, 7) is 5.88. The van der Waals surface area contributed by atoms with Crippen LogP contribution in [0, 0.1) is 11.3 Å². The highest BCUT2D eigenvalue weighted by Crippen LogP contribution is 2.41. The Hall–Kier alpha value is -6.58. The second-order valence-electron chi connectivity index (χ2n) is 15.7. The van der Waals surface area contributed by atoms with Gasteiger partial charge in [0.25, 0.3) is 0 Å². The van der Waals surface area contributed by atoms with Crippen LogP contribution < -0.4 is 14.4 Å². The number of rotatable bonds is 21. The summed E-state index contributed by atoms with van der Waals surface area (Å²) in [4.78, 5) is 17.4. The lowest BCUT2D eigenvalue weighted by atomic mass is 10.0. The second kappa shape index (κ2) is 21.9. The summed E-state index contributed by atoms with van der Waals surface area (Å²) in [5.41, 5.74) is 9.50. The molecular formula is C54H50N4O4S3. The molecule has 8 rings (SSSR count). The third-order valence-corrected chi connectivity index (χ3v) is 13.9. The van der Waals surface area contributed by atoms with Crippen molar-refractivity contribution in [1.82, 2.24) is 8.75 Å². The smallest absolute Gasteiger partial charge is 0.335 e. The molecule has 3 aromatic heterocycles. The predicted molar refractivity (Wildman–Crippen MR) is 270 cm³/mol. The summed E-state index contributed by atoms with van der Waals surface area (Å²) in [5, 5.41) is 19.4. The van der Waals surface area contributed by atoms with Gasteiger partial charge in [-0.25, -0.2) is 4.79 Å². The molecule has 8 nitrogen and oxygen atoms in total. The SMILES string of the molecule is CCCCCCOc1ccc(N(c2ccc(OCCCCCC)cc2)c2ccc(-c3ccc(-c4ccc(/C=C(\C#N)c5ccc(-c6ccc(C(=O)O)cc6)s5)s4)c4nsnc34)cc2)cc1. The number of fused-ring (bicyclic) bond motifs is 1. The van der Waals surface area contributed by atoms with Crippen molar-refractivity contribution in [3.8, 4) is 49.6 Å². The van der Waals surface area contributed by atoms with Gasteiger partial charge in [0.05, 0.1) is 36.1 Å². The summed E-state index contributed by atoms with van der Waals surface area (Å²) in [6, 6.07) is 46.7. The van der Waals surface area contributed by atoms with E-state index in [0.717, 1.165) is 107 Å². The lowest BCUT2D eigenvalue weighted by Gasteiger charge is -2.26. The quantitative estimate of drug-likeness (QED) is 0.0561. The molecule has 0 radical (unpaired) electrons. The molecule has 0 aliphatic rings. The van der Waals surface area contributed by atoms with Crippen LogP contribution in [0.4, 0.5) is 17.1 Å². The highest BCUT2D eigenvalue weighted by atomic mass is 32.1. The molecule has 11 heteroatoms. The van der Waals surface area contributed by atoms with E-state index in [1.807, 2.05) is 24.3 Å². The van der Waals surface area contributed by atoms with E-state index in [1.165, 1.54) is 61.6 Å². The number of anilines is 3. The lowest BCUT2D eigenvalue weighted by molar-refractivity contribution is 0.0697. The van der Waals surface area contributed by atoms with Crippen LogP contribution in [0.1, 0.15) is 85.3 Å². The average Bonchev–Trinajstić information content (AvgIpc) is 4.15. The van der Waals surface area contributed by atoms with Crippen LogP contribution in [-0.4, -0.2) is 33.0 Å². The lowest BCUT2D eigenvalue weighted by Crippen LogP contribution is -2.10. The fourth-order valence-electron chi connectivity index (χ4n) is 7.65. The van der Waals surface area contributed by atoms with Crippen LogP contribution in [0.15, 0.2) is 133 Å². The number of benzene rings is 5. The van der Waals surface area contributed by atoms with Crippen molar-refractivity contribution in [3.63, 3.8) is 0 Å². The number of ether oxygens (including phenoxy) is 2. The molecule has 328 valence electrons. The molecule has 0 saturated heterocycles. The number of carboxylic acid groups (broad SMARTS) is 1. The number of unbranched alkanes of at least 4 members (excludes halogenated alkanes) is 6. The first kappa shape index (κ1) is 45.0. The summed E-state index contributed by atoms with van der Waals surface area (Å²) >= 11 is 4.31. The molecule has 1 N–H and O–H groups in total. The Labute approximate surface area is 393 Å². The van der Waals surface area contributed by atoms with Gasteiger partial charge >= 0.3 is 5.97 Å². The monoisotopic (exact) mass is 914 g/mol. The summed E-state index contributed by atoms with van der Waals surface area (Å²) in [6.07, 6.45) is 11.3. The number of carbonyl (C=O) groups is 1. The first-order valence-electron chi connectivity index (χ1n) is 22.2. The zero-order valence-electron chi connectivity index (χ0n) is 36.5. The number of nitrogens with zero attached hydrogens (tertiary/aromatic N) is 4. The third kappa shape index (κ3) is 11.0. The number of hydrogen-bond acceptors (Lipinski definition) is 10. The number of thiophene rings is 2. The Morgan fingerprint density at radius 1 is 0.615 bits per heavy atom. The molecule has 0 aliphatic carbocycles. The first-order chi connectivity index (χ1) is 31.9. The van der Waals surface area contributed by atoms with Gasteiger partial charge in [0.1, 0.15) is 28.6 Å². The van der Waals surface area contributed by atoms with E-state index in [1.54, 1.807) is 35.6 Å². The van der Waals surface area contributed by atoms with E-state index in [2.05, 4.69) is 116 Å². The minimum atomic E-state index is -0.960. The molecule has 0 spiro atoms. The van der Waals surface area contributed by atoms with Crippen LogP contribution in [-0.2, 0) is 0 Å². The second-order valence-corrected chi connectivity index (χ2v) is 18.5. The first-order valence-corrected chi connectivity index (χ1v) is 24.6. The van der Waals surface area contributed by atoms with Gasteiger partial charge in [-0.3, -0.25) is 0 Å². The molecule has 0 unspecified atom stereocenters. The van der Waals surface area contributed by atoms with E-state index in [9.17, 15) is 15.2 Å². The fraction of sp³-hybridized carbons (Fsp3) is 0.222. The maximum Gasteiger partial charge on any atom is 0.335 e.